The van der Waals surface area contributed by atoms with Crippen LogP contribution in [0.5, 0.6) is 0 Å². The molecular weight excluding hydrogens is 542 g/mol. The van der Waals surface area contributed by atoms with Gasteiger partial charge in [-0.2, -0.15) is 0 Å². The molecule has 0 radical (unpaired) electrons. The van der Waals surface area contributed by atoms with Gasteiger partial charge in [-0.25, -0.2) is 9.78 Å². The van der Waals surface area contributed by atoms with Crippen molar-refractivity contribution in [3.63, 3.8) is 0 Å². The Morgan fingerprint density at radius 1 is 1.22 bits per heavy atom. The van der Waals surface area contributed by atoms with Crippen molar-refractivity contribution < 1.29 is 24.2 Å². The molecule has 1 aliphatic rings. The Labute approximate surface area is 242 Å². The number of thiophene rings is 1. The maximum absolute atomic E-state index is 12.4. The lowest BCUT2D eigenvalue weighted by atomic mass is 10.0. The average Bonchev–Trinajstić information content (AvgIpc) is 3.63. The van der Waals surface area contributed by atoms with E-state index in [-0.39, 0.29) is 16.8 Å². The fraction of sp³-hybridized carbons (Fsp3) is 0.367. The van der Waals surface area contributed by atoms with Crippen LogP contribution in [0.15, 0.2) is 53.1 Å². The van der Waals surface area contributed by atoms with E-state index in [0.717, 1.165) is 72.4 Å². The molecule has 0 saturated carbocycles. The van der Waals surface area contributed by atoms with Crippen molar-refractivity contribution in [2.75, 3.05) is 30.3 Å². The van der Waals surface area contributed by atoms with Crippen LogP contribution in [0.25, 0.3) is 10.2 Å². The van der Waals surface area contributed by atoms with Gasteiger partial charge in [-0.05, 0) is 60.7 Å². The third-order valence-corrected chi connectivity index (χ3v) is 8.55. The first-order valence-corrected chi connectivity index (χ1v) is 14.7. The predicted octanol–water partition coefficient (Wildman–Crippen LogP) is 4.34. The van der Waals surface area contributed by atoms with E-state index in [9.17, 15) is 19.8 Å². The largest absolute Gasteiger partial charge is 0.477 e. The number of fused-ring (bicyclic) bond motifs is 1. The first-order chi connectivity index (χ1) is 19.8. The molecule has 41 heavy (non-hydrogen) atoms. The number of nitrogen functional groups attached to an aromatic ring is 1. The number of nitrogens with two attached hydrogens (primary N) is 1. The second-order valence-corrected chi connectivity index (χ2v) is 11.3. The Hall–Kier alpha value is -3.93. The van der Waals surface area contributed by atoms with Gasteiger partial charge in [-0.15, -0.1) is 11.3 Å². The number of carboxylic acid groups (broad SMARTS) is 1. The Morgan fingerprint density at radius 3 is 2.63 bits per heavy atom. The lowest BCUT2D eigenvalue weighted by Crippen LogP contribution is -2.44. The van der Waals surface area contributed by atoms with Crippen molar-refractivity contribution in [2.45, 2.75) is 51.3 Å². The van der Waals surface area contributed by atoms with Crippen LogP contribution in [0.4, 0.5) is 11.5 Å². The van der Waals surface area contributed by atoms with Crippen molar-refractivity contribution in [2.24, 2.45) is 0 Å². The maximum Gasteiger partial charge on any atom is 0.348 e. The lowest BCUT2D eigenvalue weighted by Gasteiger charge is -2.34. The number of furan rings is 1. The number of anilines is 2. The molecule has 216 valence electrons. The summed E-state index contributed by atoms with van der Waals surface area (Å²) in [5.74, 6) is 0.313. The van der Waals surface area contributed by atoms with Crippen LogP contribution in [0.1, 0.15) is 69.2 Å². The molecular formula is C30H35N5O5S. The van der Waals surface area contributed by atoms with Gasteiger partial charge in [0.2, 0.25) is 0 Å². The lowest BCUT2D eigenvalue weighted by molar-refractivity contribution is 0.0703. The molecule has 1 atom stereocenters. The quantitative estimate of drug-likeness (QED) is 0.175. The zero-order valence-electron chi connectivity index (χ0n) is 22.9. The number of carbonyl (C=O) groups is 2. The molecule has 4 heterocycles. The number of hydrogen-bond donors (Lipinski definition) is 5. The molecule has 1 saturated heterocycles. The number of amides is 1. The van der Waals surface area contributed by atoms with Crippen LogP contribution in [0, 0.1) is 0 Å². The average molecular weight is 578 g/mol. The Bertz CT molecular complexity index is 1490. The molecule has 1 aliphatic heterocycles. The summed E-state index contributed by atoms with van der Waals surface area (Å²) in [6.07, 6.45) is 4.37. The summed E-state index contributed by atoms with van der Waals surface area (Å²) in [4.78, 5) is 31.9. The number of pyridine rings is 1. The molecule has 1 fully saturated rings. The van der Waals surface area contributed by atoms with E-state index in [1.807, 2.05) is 0 Å². The molecule has 6 N–H and O–H groups in total. The normalized spacial score (nSPS) is 14.8. The van der Waals surface area contributed by atoms with Gasteiger partial charge in [0.1, 0.15) is 21.3 Å². The summed E-state index contributed by atoms with van der Waals surface area (Å²) < 4.78 is 5.23. The van der Waals surface area contributed by atoms with E-state index < -0.39 is 12.1 Å². The molecule has 4 aromatic rings. The number of piperidine rings is 1. The van der Waals surface area contributed by atoms with Gasteiger partial charge in [0, 0.05) is 36.6 Å². The highest BCUT2D eigenvalue weighted by atomic mass is 32.1. The molecule has 1 aromatic carbocycles. The molecule has 5 rings (SSSR count). The van der Waals surface area contributed by atoms with Gasteiger partial charge in [-0.3, -0.25) is 4.79 Å². The number of hydrogen-bond acceptors (Lipinski definition) is 9. The third kappa shape index (κ3) is 6.53. The van der Waals surface area contributed by atoms with Crippen LogP contribution in [0.2, 0.25) is 0 Å². The summed E-state index contributed by atoms with van der Waals surface area (Å²) >= 11 is 1.14. The minimum atomic E-state index is -1.02. The highest BCUT2D eigenvalue weighted by molar-refractivity contribution is 7.21. The highest BCUT2D eigenvalue weighted by Crippen LogP contribution is 2.37. The minimum absolute atomic E-state index is 0.145. The number of aryl methyl sites for hydroxylation is 1. The number of nitrogens with zero attached hydrogens (tertiary/aromatic N) is 2. The van der Waals surface area contributed by atoms with Crippen LogP contribution in [-0.2, 0) is 13.0 Å². The molecule has 10 nitrogen and oxygen atoms in total. The number of aliphatic hydroxyl groups is 1. The standard InChI is InChI=1S/C30H35N5O5S/c1-2-4-20-15-24(34-29-25(20)26(31)27(41-29)30(38)39)35-12-10-21(11-13-35)32-17-23(36)18-6-8-19(9-7-18)28(37)33-16-22-5-3-14-40-22/h3,5-9,14-15,21,23,32,36H,2,4,10-13,16-17,31H2,1H3,(H,33,37)(H,38,39). The molecule has 11 heteroatoms. The topological polar surface area (TPSA) is 154 Å². The van der Waals surface area contributed by atoms with Crippen LogP contribution in [-0.4, -0.2) is 52.7 Å². The number of nitrogens with one attached hydrogen (secondary N) is 2. The molecule has 1 amide bonds. The van der Waals surface area contributed by atoms with Gasteiger partial charge in [-0.1, -0.05) is 25.5 Å². The van der Waals surface area contributed by atoms with E-state index in [0.29, 0.717) is 34.9 Å². The zero-order chi connectivity index (χ0) is 28.9. The van der Waals surface area contributed by atoms with Gasteiger partial charge in [0.25, 0.3) is 5.91 Å². The summed E-state index contributed by atoms with van der Waals surface area (Å²) in [6, 6.07) is 12.9. The molecule has 0 bridgehead atoms. The molecule has 0 spiro atoms. The van der Waals surface area contributed by atoms with Crippen molar-refractivity contribution in [3.8, 4) is 0 Å². The molecule has 0 aliphatic carbocycles. The fourth-order valence-corrected chi connectivity index (χ4v) is 6.20. The summed E-state index contributed by atoms with van der Waals surface area (Å²) in [5.41, 5.74) is 8.81. The van der Waals surface area contributed by atoms with Crippen molar-refractivity contribution in [3.05, 3.63) is 76.1 Å². The number of rotatable bonds is 11. The second-order valence-electron chi connectivity index (χ2n) is 10.3. The number of carbonyl (C=O) groups excluding carboxylic acids is 1. The van der Waals surface area contributed by atoms with E-state index in [2.05, 4.69) is 28.5 Å². The minimum Gasteiger partial charge on any atom is -0.477 e. The van der Waals surface area contributed by atoms with E-state index in [1.165, 1.54) is 0 Å². The Kier molecular flexibility index (Phi) is 8.87. The number of benzene rings is 1. The Morgan fingerprint density at radius 2 is 1.98 bits per heavy atom. The number of aromatic nitrogens is 1. The summed E-state index contributed by atoms with van der Waals surface area (Å²) in [5, 5.41) is 27.3. The van der Waals surface area contributed by atoms with Gasteiger partial charge >= 0.3 is 5.97 Å². The van der Waals surface area contributed by atoms with Crippen LogP contribution < -0.4 is 21.3 Å². The number of carboxylic acids is 1. The van der Waals surface area contributed by atoms with Crippen LogP contribution in [0.3, 0.4) is 0 Å². The molecule has 1 unspecified atom stereocenters. The third-order valence-electron chi connectivity index (χ3n) is 7.46. The Balaban J connectivity index is 1.14. The van der Waals surface area contributed by atoms with Crippen LogP contribution >= 0.6 is 11.3 Å². The first kappa shape index (κ1) is 28.6. The summed E-state index contributed by atoms with van der Waals surface area (Å²) in [6.45, 7) is 4.41. The van der Waals surface area contributed by atoms with Gasteiger partial charge < -0.3 is 35.9 Å². The zero-order valence-corrected chi connectivity index (χ0v) is 23.7. The second kappa shape index (κ2) is 12.7. The highest BCUT2D eigenvalue weighted by Gasteiger charge is 2.24. The smallest absolute Gasteiger partial charge is 0.348 e. The van der Waals surface area contributed by atoms with Gasteiger partial charge in [0.15, 0.2) is 0 Å². The van der Waals surface area contributed by atoms with Crippen molar-refractivity contribution >= 4 is 44.9 Å². The van der Waals surface area contributed by atoms with Crippen molar-refractivity contribution in [1.82, 2.24) is 15.6 Å². The van der Waals surface area contributed by atoms with Crippen molar-refractivity contribution in [1.29, 1.82) is 0 Å². The fourth-order valence-electron chi connectivity index (χ4n) is 5.22. The first-order valence-electron chi connectivity index (χ1n) is 13.9. The molecule has 3 aromatic heterocycles. The maximum atomic E-state index is 12.4. The van der Waals surface area contributed by atoms with E-state index in [1.54, 1.807) is 42.7 Å². The number of aromatic carboxylic acids is 1. The number of aliphatic hydroxyl groups excluding tert-OH is 1. The SMILES string of the molecule is CCCc1cc(N2CCC(NCC(O)c3ccc(C(=O)NCc4ccco4)cc3)CC2)nc2sc(C(=O)O)c(N)c12. The monoisotopic (exact) mass is 577 g/mol. The van der Waals surface area contributed by atoms with E-state index in [4.69, 9.17) is 15.1 Å². The van der Waals surface area contributed by atoms with E-state index >= 15 is 0 Å². The summed E-state index contributed by atoms with van der Waals surface area (Å²) in [7, 11) is 0. The van der Waals surface area contributed by atoms with Gasteiger partial charge in [0.05, 0.1) is 24.6 Å². The predicted molar refractivity (Wildman–Crippen MR) is 160 cm³/mol.